The molecule has 0 aromatic carbocycles. The van der Waals surface area contributed by atoms with Gasteiger partial charge in [0.15, 0.2) is 0 Å². The molecule has 2 rings (SSSR count). The van der Waals surface area contributed by atoms with Gasteiger partial charge in [-0.1, -0.05) is 0 Å². The highest BCUT2D eigenvalue weighted by molar-refractivity contribution is 7.99. The molecule has 1 saturated heterocycles. The number of thioether (sulfide) groups is 1. The van der Waals surface area contributed by atoms with Gasteiger partial charge in [0.1, 0.15) is 0 Å². The molecule has 2 fully saturated rings. The van der Waals surface area contributed by atoms with Crippen LogP contribution in [0.2, 0.25) is 0 Å². The van der Waals surface area contributed by atoms with Crippen LogP contribution in [0.15, 0.2) is 0 Å². The van der Waals surface area contributed by atoms with Crippen LogP contribution in [0.1, 0.15) is 32.6 Å². The quantitative estimate of drug-likeness (QED) is 0.711. The normalized spacial score (nSPS) is 29.2. The molecular formula is C12H23NO2S. The molecule has 0 radical (unpaired) electrons. The van der Waals surface area contributed by atoms with E-state index < -0.39 is 0 Å². The topological polar surface area (TPSA) is 41.5 Å². The highest BCUT2D eigenvalue weighted by Gasteiger charge is 2.32. The van der Waals surface area contributed by atoms with Gasteiger partial charge in [-0.3, -0.25) is 0 Å². The molecule has 1 heterocycles. The van der Waals surface area contributed by atoms with E-state index >= 15 is 0 Å². The minimum absolute atomic E-state index is 0.107. The minimum atomic E-state index is -0.107. The molecule has 1 aliphatic heterocycles. The molecule has 2 atom stereocenters. The van der Waals surface area contributed by atoms with Crippen molar-refractivity contribution in [3.8, 4) is 0 Å². The smallest absolute Gasteiger partial charge is 0.0666 e. The molecule has 16 heavy (non-hydrogen) atoms. The number of ether oxygens (including phenoxy) is 1. The van der Waals surface area contributed by atoms with E-state index in [2.05, 4.69) is 12.2 Å². The summed E-state index contributed by atoms with van der Waals surface area (Å²) in [6.45, 7) is 3.28. The molecule has 4 heteroatoms. The molecule has 1 aliphatic carbocycles. The Hall–Kier alpha value is 0.230. The molecular weight excluding hydrogens is 222 g/mol. The Morgan fingerprint density at radius 1 is 1.44 bits per heavy atom. The second-order valence-electron chi connectivity index (χ2n) is 5.29. The zero-order chi connectivity index (χ0) is 11.4. The van der Waals surface area contributed by atoms with Gasteiger partial charge in [-0.15, -0.1) is 0 Å². The molecule has 0 spiro atoms. The second kappa shape index (κ2) is 5.71. The van der Waals surface area contributed by atoms with Gasteiger partial charge in [0.2, 0.25) is 0 Å². The molecule has 3 nitrogen and oxygen atoms in total. The van der Waals surface area contributed by atoms with Gasteiger partial charge < -0.3 is 15.2 Å². The summed E-state index contributed by atoms with van der Waals surface area (Å²) >= 11 is 1.90. The zero-order valence-electron chi connectivity index (χ0n) is 10.1. The first-order chi connectivity index (χ1) is 7.72. The van der Waals surface area contributed by atoms with E-state index in [0.29, 0.717) is 12.1 Å². The molecule has 94 valence electrons. The van der Waals surface area contributed by atoms with E-state index in [0.717, 1.165) is 18.1 Å². The number of hydrogen-bond donors (Lipinski definition) is 2. The second-order valence-corrected chi connectivity index (χ2v) is 6.32. The van der Waals surface area contributed by atoms with Crippen LogP contribution >= 0.6 is 11.8 Å². The molecule has 0 amide bonds. The molecule has 0 bridgehead atoms. The Labute approximate surface area is 102 Å². The van der Waals surface area contributed by atoms with E-state index in [4.69, 9.17) is 4.74 Å². The summed E-state index contributed by atoms with van der Waals surface area (Å²) < 4.78 is 5.59. The first-order valence-corrected chi connectivity index (χ1v) is 7.45. The van der Waals surface area contributed by atoms with Gasteiger partial charge in [0.25, 0.3) is 0 Å². The lowest BCUT2D eigenvalue weighted by molar-refractivity contribution is 0.128. The molecule has 2 N–H and O–H groups in total. The van der Waals surface area contributed by atoms with E-state index in [-0.39, 0.29) is 12.1 Å². The SMILES string of the molecule is CC(CO)(CSCC1CCCO1)NC1CC1. The number of aliphatic hydroxyl groups excluding tert-OH is 1. The third kappa shape index (κ3) is 3.91. The van der Waals surface area contributed by atoms with Crippen LogP contribution in [0.25, 0.3) is 0 Å². The third-order valence-corrected chi connectivity index (χ3v) is 4.68. The maximum absolute atomic E-state index is 9.45. The van der Waals surface area contributed by atoms with Gasteiger partial charge in [-0.25, -0.2) is 0 Å². The fourth-order valence-electron chi connectivity index (χ4n) is 2.04. The van der Waals surface area contributed by atoms with Crippen LogP contribution in [-0.2, 0) is 4.74 Å². The van der Waals surface area contributed by atoms with Crippen molar-refractivity contribution >= 4 is 11.8 Å². The monoisotopic (exact) mass is 245 g/mol. The van der Waals surface area contributed by atoms with Crippen LogP contribution < -0.4 is 5.32 Å². The highest BCUT2D eigenvalue weighted by atomic mass is 32.2. The summed E-state index contributed by atoms with van der Waals surface area (Å²) in [6.07, 6.45) is 5.41. The van der Waals surface area contributed by atoms with Crippen molar-refractivity contribution in [1.29, 1.82) is 0 Å². The molecule has 2 unspecified atom stereocenters. The van der Waals surface area contributed by atoms with Crippen molar-refractivity contribution in [3.05, 3.63) is 0 Å². The van der Waals surface area contributed by atoms with E-state index in [1.54, 1.807) is 0 Å². The number of hydrogen-bond acceptors (Lipinski definition) is 4. The zero-order valence-corrected chi connectivity index (χ0v) is 10.9. The first kappa shape index (κ1) is 12.7. The molecule has 1 saturated carbocycles. The fourth-order valence-corrected chi connectivity index (χ4v) is 3.31. The van der Waals surface area contributed by atoms with Gasteiger partial charge in [-0.05, 0) is 32.6 Å². The number of rotatable bonds is 7. The largest absolute Gasteiger partial charge is 0.394 e. The maximum Gasteiger partial charge on any atom is 0.0666 e. The van der Waals surface area contributed by atoms with Gasteiger partial charge in [0.05, 0.1) is 12.7 Å². The van der Waals surface area contributed by atoms with Gasteiger partial charge >= 0.3 is 0 Å². The summed E-state index contributed by atoms with van der Waals surface area (Å²) in [5, 5.41) is 13.0. The summed E-state index contributed by atoms with van der Waals surface area (Å²) in [5.74, 6) is 2.04. The summed E-state index contributed by atoms with van der Waals surface area (Å²) in [5.41, 5.74) is -0.107. The van der Waals surface area contributed by atoms with Crippen molar-refractivity contribution in [2.75, 3.05) is 24.7 Å². The van der Waals surface area contributed by atoms with Crippen molar-refractivity contribution in [2.24, 2.45) is 0 Å². The van der Waals surface area contributed by atoms with E-state index in [1.165, 1.54) is 25.7 Å². The predicted molar refractivity (Wildman–Crippen MR) is 67.9 cm³/mol. The maximum atomic E-state index is 9.45. The van der Waals surface area contributed by atoms with Crippen LogP contribution in [0.3, 0.4) is 0 Å². The summed E-state index contributed by atoms with van der Waals surface area (Å²) in [6, 6.07) is 0.653. The molecule has 2 aliphatic rings. The Balaban J connectivity index is 1.64. The average molecular weight is 245 g/mol. The Kier molecular flexibility index (Phi) is 4.53. The van der Waals surface area contributed by atoms with Gasteiger partial charge in [0, 0.05) is 29.7 Å². The van der Waals surface area contributed by atoms with Crippen LogP contribution in [0, 0.1) is 0 Å². The standard InChI is InChI=1S/C12H23NO2S/c1-12(8-14,13-10-4-5-10)9-16-7-11-3-2-6-15-11/h10-11,13-14H,2-9H2,1H3. The fraction of sp³-hybridized carbons (Fsp3) is 1.00. The van der Waals surface area contributed by atoms with Crippen molar-refractivity contribution in [1.82, 2.24) is 5.32 Å². The number of aliphatic hydroxyl groups is 1. The molecule has 0 aromatic rings. The Morgan fingerprint density at radius 3 is 2.81 bits per heavy atom. The van der Waals surface area contributed by atoms with Crippen LogP contribution in [0.4, 0.5) is 0 Å². The van der Waals surface area contributed by atoms with Gasteiger partial charge in [-0.2, -0.15) is 11.8 Å². The number of nitrogens with one attached hydrogen (secondary N) is 1. The average Bonchev–Trinajstić information content (AvgIpc) is 2.92. The van der Waals surface area contributed by atoms with E-state index in [9.17, 15) is 5.11 Å². The highest BCUT2D eigenvalue weighted by Crippen LogP contribution is 2.25. The molecule has 0 aromatic heterocycles. The Morgan fingerprint density at radius 2 is 2.25 bits per heavy atom. The lowest BCUT2D eigenvalue weighted by atomic mass is 10.1. The van der Waals surface area contributed by atoms with Crippen molar-refractivity contribution < 1.29 is 9.84 Å². The van der Waals surface area contributed by atoms with Crippen LogP contribution in [-0.4, -0.2) is 47.5 Å². The lowest BCUT2D eigenvalue weighted by Gasteiger charge is -2.29. The summed E-state index contributed by atoms with van der Waals surface area (Å²) in [7, 11) is 0. The first-order valence-electron chi connectivity index (χ1n) is 6.30. The van der Waals surface area contributed by atoms with Crippen molar-refractivity contribution in [2.45, 2.75) is 50.3 Å². The third-order valence-electron chi connectivity index (χ3n) is 3.23. The minimum Gasteiger partial charge on any atom is -0.394 e. The van der Waals surface area contributed by atoms with E-state index in [1.807, 2.05) is 11.8 Å². The van der Waals surface area contributed by atoms with Crippen LogP contribution in [0.5, 0.6) is 0 Å². The lowest BCUT2D eigenvalue weighted by Crippen LogP contribution is -2.49. The summed E-state index contributed by atoms with van der Waals surface area (Å²) in [4.78, 5) is 0. The Bertz CT molecular complexity index is 217. The predicted octanol–water partition coefficient (Wildman–Crippen LogP) is 1.40. The van der Waals surface area contributed by atoms with Crippen molar-refractivity contribution in [3.63, 3.8) is 0 Å².